The van der Waals surface area contributed by atoms with Crippen LogP contribution in [0.1, 0.15) is 55.0 Å². The van der Waals surface area contributed by atoms with Crippen LogP contribution in [0.15, 0.2) is 36.4 Å². The van der Waals surface area contributed by atoms with Crippen LogP contribution in [0.25, 0.3) is 11.4 Å². The fourth-order valence-corrected chi connectivity index (χ4v) is 4.52. The normalized spacial score (nSPS) is 14.0. The molecule has 1 fully saturated rings. The van der Waals surface area contributed by atoms with Crippen molar-refractivity contribution in [1.82, 2.24) is 15.0 Å². The van der Waals surface area contributed by atoms with Crippen LogP contribution in [0.5, 0.6) is 0 Å². The highest BCUT2D eigenvalue weighted by Gasteiger charge is 2.33. The maximum atomic E-state index is 13.2. The molecular weight excluding hydrogens is 519 g/mol. The van der Waals surface area contributed by atoms with E-state index in [0.29, 0.717) is 22.9 Å². The first-order valence-corrected chi connectivity index (χ1v) is 12.4. The molecule has 0 radical (unpaired) electrons. The van der Waals surface area contributed by atoms with Gasteiger partial charge in [-0.05, 0) is 55.7 Å². The largest absolute Gasteiger partial charge is 0.417 e. The first-order chi connectivity index (χ1) is 18.0. The lowest BCUT2D eigenvalue weighted by atomic mass is 9.88. The van der Waals surface area contributed by atoms with Gasteiger partial charge in [-0.1, -0.05) is 36.9 Å². The Morgan fingerprint density at radius 2 is 1.71 bits per heavy atom. The Bertz CT molecular complexity index is 1380. The van der Waals surface area contributed by atoms with Crippen LogP contribution < -0.4 is 15.5 Å². The highest BCUT2D eigenvalue weighted by Crippen LogP contribution is 2.36. The number of aryl methyl sites for hydroxylation is 1. The number of nitrogens with zero attached hydrogens (tertiary/aromatic N) is 5. The van der Waals surface area contributed by atoms with Gasteiger partial charge in [0.1, 0.15) is 5.82 Å². The van der Waals surface area contributed by atoms with E-state index in [-0.39, 0.29) is 17.6 Å². The van der Waals surface area contributed by atoms with Gasteiger partial charge in [0.05, 0.1) is 10.6 Å². The third kappa shape index (κ3) is 6.31. The molecule has 1 heterocycles. The van der Waals surface area contributed by atoms with Gasteiger partial charge in [0, 0.05) is 29.9 Å². The molecular formula is C26H25ClF3N7O. The number of hydrogen-bond acceptors (Lipinski definition) is 6. The van der Waals surface area contributed by atoms with Gasteiger partial charge in [0.25, 0.3) is 0 Å². The molecule has 0 spiro atoms. The number of alkyl halides is 3. The molecule has 1 aliphatic rings. The highest BCUT2D eigenvalue weighted by atomic mass is 35.5. The first kappa shape index (κ1) is 27.1. The second-order valence-corrected chi connectivity index (χ2v) is 9.52. The minimum absolute atomic E-state index is 0.0645. The number of aromatic nitrogens is 3. The second-order valence-electron chi connectivity index (χ2n) is 9.11. The van der Waals surface area contributed by atoms with Crippen LogP contribution in [0, 0.1) is 18.4 Å². The summed E-state index contributed by atoms with van der Waals surface area (Å²) in [6.07, 6.45) is 2.62. The molecule has 4 rings (SSSR count). The maximum absolute atomic E-state index is 13.2. The van der Waals surface area contributed by atoms with Crippen molar-refractivity contribution in [2.75, 3.05) is 22.6 Å². The summed E-state index contributed by atoms with van der Waals surface area (Å²) in [7, 11) is 1.57. The van der Waals surface area contributed by atoms with Gasteiger partial charge in [-0.25, -0.2) is 9.78 Å². The summed E-state index contributed by atoms with van der Waals surface area (Å²) < 4.78 is 39.5. The molecule has 0 bridgehead atoms. The number of amides is 2. The Balaban J connectivity index is 1.61. The average molecular weight is 544 g/mol. The fourth-order valence-electron chi connectivity index (χ4n) is 4.29. The standard InChI is InChI=1S/C26H25ClF3N7O/c1-15-8-9-17(32-25(38)33-18-10-11-21(27)20(13-18)26(28,29)30)12-19(15)23-34-22(16-6-4-3-5-7-16)35-24(36-23)37(2)14-31/h8-13,16H,3-7H2,1-2H3,(H2,32,33,38). The van der Waals surface area contributed by atoms with Gasteiger partial charge in [-0.15, -0.1) is 0 Å². The van der Waals surface area contributed by atoms with Crippen molar-refractivity contribution in [3.8, 4) is 17.6 Å². The van der Waals surface area contributed by atoms with Gasteiger partial charge in [-0.3, -0.25) is 4.90 Å². The Hall–Kier alpha value is -3.91. The molecule has 1 aromatic heterocycles. The van der Waals surface area contributed by atoms with Crippen LogP contribution in [0.3, 0.4) is 0 Å². The van der Waals surface area contributed by atoms with Gasteiger partial charge in [-0.2, -0.15) is 28.4 Å². The molecule has 0 aliphatic heterocycles. The zero-order chi connectivity index (χ0) is 27.4. The molecule has 3 aromatic rings. The molecule has 2 aromatic carbocycles. The van der Waals surface area contributed by atoms with Crippen LogP contribution in [0.2, 0.25) is 5.02 Å². The molecule has 38 heavy (non-hydrogen) atoms. The van der Waals surface area contributed by atoms with Crippen LogP contribution in [0.4, 0.5) is 35.3 Å². The zero-order valence-electron chi connectivity index (χ0n) is 20.7. The Morgan fingerprint density at radius 3 is 2.37 bits per heavy atom. The van der Waals surface area contributed by atoms with Gasteiger partial charge >= 0.3 is 12.2 Å². The minimum Gasteiger partial charge on any atom is -0.308 e. The Labute approximate surface area is 222 Å². The lowest BCUT2D eigenvalue weighted by molar-refractivity contribution is -0.137. The summed E-state index contributed by atoms with van der Waals surface area (Å²) in [5.41, 5.74) is 0.722. The lowest BCUT2D eigenvalue weighted by Crippen LogP contribution is -2.20. The van der Waals surface area contributed by atoms with Crippen LogP contribution >= 0.6 is 11.6 Å². The summed E-state index contributed by atoms with van der Waals surface area (Å²) in [5, 5.41) is 14.0. The van der Waals surface area contributed by atoms with Gasteiger partial charge < -0.3 is 10.6 Å². The quantitative estimate of drug-likeness (QED) is 0.262. The van der Waals surface area contributed by atoms with Crippen molar-refractivity contribution in [3.63, 3.8) is 0 Å². The number of nitrogens with one attached hydrogen (secondary N) is 2. The molecule has 0 atom stereocenters. The predicted molar refractivity (Wildman–Crippen MR) is 139 cm³/mol. The number of hydrogen-bond donors (Lipinski definition) is 2. The van der Waals surface area contributed by atoms with Crippen molar-refractivity contribution in [2.45, 2.75) is 51.1 Å². The van der Waals surface area contributed by atoms with E-state index in [1.807, 2.05) is 13.1 Å². The maximum Gasteiger partial charge on any atom is 0.417 e. The molecule has 2 amide bonds. The highest BCUT2D eigenvalue weighted by molar-refractivity contribution is 6.31. The van der Waals surface area contributed by atoms with E-state index in [9.17, 15) is 23.2 Å². The van der Waals surface area contributed by atoms with Crippen LogP contribution in [-0.2, 0) is 6.18 Å². The number of nitriles is 1. The van der Waals surface area contributed by atoms with Crippen molar-refractivity contribution in [3.05, 3.63) is 58.4 Å². The third-order valence-corrected chi connectivity index (χ3v) is 6.66. The van der Waals surface area contributed by atoms with Crippen molar-refractivity contribution >= 4 is 35.0 Å². The summed E-state index contributed by atoms with van der Waals surface area (Å²) in [4.78, 5) is 27.6. The number of halogens is 4. The van der Waals surface area contributed by atoms with Gasteiger partial charge in [0.2, 0.25) is 5.95 Å². The van der Waals surface area contributed by atoms with Gasteiger partial charge in [0.15, 0.2) is 12.0 Å². The predicted octanol–water partition coefficient (Wildman–Crippen LogP) is 7.13. The molecule has 0 saturated heterocycles. The SMILES string of the molecule is Cc1ccc(NC(=O)Nc2ccc(Cl)c(C(F)(F)F)c2)cc1-c1nc(C2CCCCC2)nc(N(C)C#N)n1. The first-order valence-electron chi connectivity index (χ1n) is 12.0. The summed E-state index contributed by atoms with van der Waals surface area (Å²) >= 11 is 5.65. The second kappa shape index (κ2) is 11.2. The van der Waals surface area contributed by atoms with E-state index in [2.05, 4.69) is 20.6 Å². The lowest BCUT2D eigenvalue weighted by Gasteiger charge is -2.21. The molecule has 0 unspecified atom stereocenters. The molecule has 8 nitrogen and oxygen atoms in total. The van der Waals surface area contributed by atoms with E-state index in [0.717, 1.165) is 43.4 Å². The van der Waals surface area contributed by atoms with E-state index < -0.39 is 22.8 Å². The number of urea groups is 1. The number of anilines is 3. The zero-order valence-corrected chi connectivity index (χ0v) is 21.5. The van der Waals surface area contributed by atoms with E-state index in [1.54, 1.807) is 25.2 Å². The van der Waals surface area contributed by atoms with Crippen molar-refractivity contribution in [2.24, 2.45) is 0 Å². The summed E-state index contributed by atoms with van der Waals surface area (Å²) in [6, 6.07) is 7.49. The number of benzene rings is 2. The Kier molecular flexibility index (Phi) is 8.02. The average Bonchev–Trinajstić information content (AvgIpc) is 2.90. The molecule has 2 N–H and O–H groups in total. The van der Waals surface area contributed by atoms with Crippen LogP contribution in [-0.4, -0.2) is 28.0 Å². The summed E-state index contributed by atoms with van der Waals surface area (Å²) in [5.74, 6) is 1.40. The Morgan fingerprint density at radius 1 is 1.05 bits per heavy atom. The number of rotatable bonds is 5. The smallest absolute Gasteiger partial charge is 0.308 e. The molecule has 12 heteroatoms. The third-order valence-electron chi connectivity index (χ3n) is 6.33. The van der Waals surface area contributed by atoms with Crippen molar-refractivity contribution < 1.29 is 18.0 Å². The molecule has 1 aliphatic carbocycles. The van der Waals surface area contributed by atoms with E-state index >= 15 is 0 Å². The van der Waals surface area contributed by atoms with E-state index in [4.69, 9.17) is 16.6 Å². The monoisotopic (exact) mass is 543 g/mol. The van der Waals surface area contributed by atoms with Crippen molar-refractivity contribution in [1.29, 1.82) is 5.26 Å². The molecule has 1 saturated carbocycles. The summed E-state index contributed by atoms with van der Waals surface area (Å²) in [6.45, 7) is 1.86. The fraction of sp³-hybridized carbons (Fsp3) is 0.346. The minimum atomic E-state index is -4.66. The molecule has 198 valence electrons. The number of carbonyl (C=O) groups excluding carboxylic acids is 1. The number of carbonyl (C=O) groups is 1. The van der Waals surface area contributed by atoms with E-state index in [1.165, 1.54) is 17.4 Å². The topological polar surface area (TPSA) is 107 Å².